The third kappa shape index (κ3) is 5.04. The number of nitro groups is 1. The van der Waals surface area contributed by atoms with Gasteiger partial charge < -0.3 is 15.4 Å². The molecule has 0 aliphatic heterocycles. The van der Waals surface area contributed by atoms with E-state index in [9.17, 15) is 19.7 Å². The summed E-state index contributed by atoms with van der Waals surface area (Å²) < 4.78 is 5.38. The molecule has 0 spiro atoms. The van der Waals surface area contributed by atoms with E-state index in [1.54, 1.807) is 42.5 Å². The lowest BCUT2D eigenvalue weighted by Crippen LogP contribution is -2.36. The first-order chi connectivity index (χ1) is 12.5. The number of nitro benzene ring substituents is 1. The molecule has 0 radical (unpaired) electrons. The molecular weight excluding hydrogens is 338 g/mol. The molecule has 8 heteroatoms. The average Bonchev–Trinajstić information content (AvgIpc) is 2.65. The zero-order valence-corrected chi connectivity index (χ0v) is 14.2. The molecule has 136 valence electrons. The van der Waals surface area contributed by atoms with Gasteiger partial charge in [0.15, 0.2) is 0 Å². The van der Waals surface area contributed by atoms with Gasteiger partial charge in [0.1, 0.15) is 5.75 Å². The Labute approximate surface area is 150 Å². The van der Waals surface area contributed by atoms with Crippen molar-refractivity contribution in [3.63, 3.8) is 0 Å². The molecule has 2 aromatic rings. The van der Waals surface area contributed by atoms with Crippen molar-refractivity contribution in [1.29, 1.82) is 0 Å². The topological polar surface area (TPSA) is 111 Å². The predicted octanol–water partition coefficient (Wildman–Crippen LogP) is 2.04. The molecule has 0 saturated heterocycles. The number of carbonyl (C=O) groups is 2. The summed E-state index contributed by atoms with van der Waals surface area (Å²) in [6.45, 7) is 1.98. The fourth-order valence-corrected chi connectivity index (χ4v) is 2.29. The zero-order valence-electron chi connectivity index (χ0n) is 14.2. The van der Waals surface area contributed by atoms with Gasteiger partial charge in [0.25, 0.3) is 11.6 Å². The van der Waals surface area contributed by atoms with E-state index in [-0.39, 0.29) is 18.8 Å². The molecule has 0 atom stereocenters. The zero-order chi connectivity index (χ0) is 18.9. The van der Waals surface area contributed by atoms with Crippen LogP contribution >= 0.6 is 0 Å². The van der Waals surface area contributed by atoms with Crippen LogP contribution in [-0.4, -0.2) is 29.9 Å². The summed E-state index contributed by atoms with van der Waals surface area (Å²) in [7, 11) is 0. The number of hydrogen-bond donors (Lipinski definition) is 2. The molecule has 0 fully saturated rings. The van der Waals surface area contributed by atoms with E-state index in [1.165, 1.54) is 6.07 Å². The summed E-state index contributed by atoms with van der Waals surface area (Å²) in [6, 6.07) is 12.9. The normalized spacial score (nSPS) is 10.0. The first kappa shape index (κ1) is 18.9. The fraction of sp³-hybridized carbons (Fsp3) is 0.222. The number of ether oxygens (including phenoxy) is 1. The third-order valence-corrected chi connectivity index (χ3v) is 3.51. The van der Waals surface area contributed by atoms with Crippen molar-refractivity contribution in [3.8, 4) is 5.75 Å². The van der Waals surface area contributed by atoms with Gasteiger partial charge >= 0.3 is 0 Å². The van der Waals surface area contributed by atoms with Gasteiger partial charge in [-0.25, -0.2) is 0 Å². The first-order valence-electron chi connectivity index (χ1n) is 8.02. The van der Waals surface area contributed by atoms with Gasteiger partial charge in [0.05, 0.1) is 23.6 Å². The Bertz CT molecular complexity index is 807. The highest BCUT2D eigenvalue weighted by molar-refractivity contribution is 5.98. The van der Waals surface area contributed by atoms with E-state index in [4.69, 9.17) is 4.74 Å². The first-order valence-corrected chi connectivity index (χ1v) is 8.02. The molecule has 0 heterocycles. The van der Waals surface area contributed by atoms with Crippen molar-refractivity contribution in [3.05, 3.63) is 69.8 Å². The van der Waals surface area contributed by atoms with E-state index in [0.717, 1.165) is 0 Å². The van der Waals surface area contributed by atoms with Crippen LogP contribution in [0.25, 0.3) is 0 Å². The Morgan fingerprint density at radius 3 is 2.50 bits per heavy atom. The van der Waals surface area contributed by atoms with Crippen LogP contribution in [0.4, 0.5) is 5.69 Å². The highest BCUT2D eigenvalue weighted by Crippen LogP contribution is 2.18. The standard InChI is InChI=1S/C18H19N3O5/c1-2-26-16-10-6-4-8-14(16)18(23)20-12-17(22)19-11-13-7-3-5-9-15(13)21(24)25/h3-10H,2,11-12H2,1H3,(H,19,22)(H,20,23). The molecule has 0 aromatic heterocycles. The second kappa shape index (κ2) is 9.16. The molecule has 0 aliphatic carbocycles. The van der Waals surface area contributed by atoms with Crippen molar-refractivity contribution in [2.45, 2.75) is 13.5 Å². The van der Waals surface area contributed by atoms with Gasteiger partial charge in [-0.15, -0.1) is 0 Å². The Kier molecular flexibility index (Phi) is 6.67. The number of benzene rings is 2. The van der Waals surface area contributed by atoms with Crippen LogP contribution in [0.1, 0.15) is 22.8 Å². The van der Waals surface area contributed by atoms with Gasteiger partial charge in [0, 0.05) is 18.2 Å². The average molecular weight is 357 g/mol. The molecule has 26 heavy (non-hydrogen) atoms. The number of hydrogen-bond acceptors (Lipinski definition) is 5. The Balaban J connectivity index is 1.90. The van der Waals surface area contributed by atoms with Gasteiger partial charge in [-0.05, 0) is 19.1 Å². The molecule has 0 bridgehead atoms. The summed E-state index contributed by atoms with van der Waals surface area (Å²) >= 11 is 0. The van der Waals surface area contributed by atoms with Crippen LogP contribution in [0.15, 0.2) is 48.5 Å². The second-order valence-electron chi connectivity index (χ2n) is 5.27. The van der Waals surface area contributed by atoms with Crippen LogP contribution in [0.3, 0.4) is 0 Å². The lowest BCUT2D eigenvalue weighted by atomic mass is 10.2. The largest absolute Gasteiger partial charge is 0.493 e. The molecule has 2 N–H and O–H groups in total. The minimum Gasteiger partial charge on any atom is -0.493 e. The Morgan fingerprint density at radius 2 is 1.77 bits per heavy atom. The van der Waals surface area contributed by atoms with E-state index >= 15 is 0 Å². The van der Waals surface area contributed by atoms with Crippen LogP contribution in [0.5, 0.6) is 5.75 Å². The number of rotatable bonds is 8. The molecule has 2 aromatic carbocycles. The Morgan fingerprint density at radius 1 is 1.08 bits per heavy atom. The molecule has 8 nitrogen and oxygen atoms in total. The monoisotopic (exact) mass is 357 g/mol. The summed E-state index contributed by atoms with van der Waals surface area (Å²) in [5.41, 5.74) is 0.655. The number of amides is 2. The maximum Gasteiger partial charge on any atom is 0.274 e. The minimum atomic E-state index is -0.506. The van der Waals surface area contributed by atoms with Gasteiger partial charge in [-0.1, -0.05) is 30.3 Å². The molecule has 0 saturated carbocycles. The van der Waals surface area contributed by atoms with Gasteiger partial charge in [-0.3, -0.25) is 19.7 Å². The molecule has 0 aliphatic rings. The SMILES string of the molecule is CCOc1ccccc1C(=O)NCC(=O)NCc1ccccc1[N+](=O)[O-]. The quantitative estimate of drug-likeness (QED) is 0.555. The highest BCUT2D eigenvalue weighted by Gasteiger charge is 2.15. The lowest BCUT2D eigenvalue weighted by molar-refractivity contribution is -0.385. The van der Waals surface area contributed by atoms with Gasteiger partial charge in [0.2, 0.25) is 5.91 Å². The molecule has 2 rings (SSSR count). The number of nitrogens with zero attached hydrogens (tertiary/aromatic N) is 1. The molecule has 0 unspecified atom stereocenters. The summed E-state index contributed by atoms with van der Waals surface area (Å²) in [4.78, 5) is 34.6. The van der Waals surface area contributed by atoms with E-state index in [2.05, 4.69) is 10.6 Å². The van der Waals surface area contributed by atoms with Crippen LogP contribution < -0.4 is 15.4 Å². The van der Waals surface area contributed by atoms with Gasteiger partial charge in [-0.2, -0.15) is 0 Å². The van der Waals surface area contributed by atoms with Crippen molar-refractivity contribution in [2.75, 3.05) is 13.2 Å². The molecular formula is C18H19N3O5. The fourth-order valence-electron chi connectivity index (χ4n) is 2.29. The van der Waals surface area contributed by atoms with Crippen molar-refractivity contribution in [1.82, 2.24) is 10.6 Å². The van der Waals surface area contributed by atoms with Crippen molar-refractivity contribution in [2.24, 2.45) is 0 Å². The number of para-hydroxylation sites is 2. The number of carbonyl (C=O) groups excluding carboxylic acids is 2. The van der Waals surface area contributed by atoms with Crippen molar-refractivity contribution < 1.29 is 19.2 Å². The predicted molar refractivity (Wildman–Crippen MR) is 94.9 cm³/mol. The highest BCUT2D eigenvalue weighted by atomic mass is 16.6. The van der Waals surface area contributed by atoms with Crippen LogP contribution in [0, 0.1) is 10.1 Å². The third-order valence-electron chi connectivity index (χ3n) is 3.51. The lowest BCUT2D eigenvalue weighted by Gasteiger charge is -2.10. The summed E-state index contributed by atoms with van der Waals surface area (Å²) in [6.07, 6.45) is 0. The van der Waals surface area contributed by atoms with Crippen molar-refractivity contribution >= 4 is 17.5 Å². The maximum atomic E-state index is 12.2. The Hall–Kier alpha value is -3.42. The van der Waals surface area contributed by atoms with E-state index in [0.29, 0.717) is 23.5 Å². The van der Waals surface area contributed by atoms with E-state index in [1.807, 2.05) is 6.92 Å². The summed E-state index contributed by atoms with van der Waals surface area (Å²) in [5.74, 6) is -0.451. The summed E-state index contributed by atoms with van der Waals surface area (Å²) in [5, 5.41) is 16.0. The maximum absolute atomic E-state index is 12.2. The van der Waals surface area contributed by atoms with Crippen LogP contribution in [-0.2, 0) is 11.3 Å². The van der Waals surface area contributed by atoms with Crippen LogP contribution in [0.2, 0.25) is 0 Å². The second-order valence-corrected chi connectivity index (χ2v) is 5.27. The minimum absolute atomic E-state index is 0.00138. The number of nitrogens with one attached hydrogen (secondary N) is 2. The molecule has 2 amide bonds. The smallest absolute Gasteiger partial charge is 0.274 e. The van der Waals surface area contributed by atoms with E-state index < -0.39 is 16.7 Å².